The number of imidazole rings is 2. The zero-order valence-corrected chi connectivity index (χ0v) is 98.4. The average Bonchev–Trinajstić information content (AvgIpc) is 1.90. The Labute approximate surface area is 840 Å². The Balaban J connectivity index is -0.000000104. The lowest BCUT2D eigenvalue weighted by molar-refractivity contribution is 0.469. The molecule has 0 saturated heterocycles. The van der Waals surface area contributed by atoms with Crippen molar-refractivity contribution in [2.75, 3.05) is 0 Å². The summed E-state index contributed by atoms with van der Waals surface area (Å²) >= 11 is 3.31. The maximum absolute atomic E-state index is 4.58. The maximum atomic E-state index is 4.58. The number of thiazole rings is 1. The van der Waals surface area contributed by atoms with E-state index >= 15 is 0 Å². The van der Waals surface area contributed by atoms with Crippen LogP contribution in [0.15, 0.2) is 278 Å². The molecule has 5 N–H and O–H groups in total. The molecule has 0 aliphatic carbocycles. The van der Waals surface area contributed by atoms with Crippen LogP contribution in [0, 0.1) is 77.3 Å². The second kappa shape index (κ2) is 96.1. The van der Waals surface area contributed by atoms with Gasteiger partial charge in [0.2, 0.25) is 0 Å². The number of H-pyrrole nitrogens is 5. The molecule has 13 rings (SSSR count). The standard InChI is InChI=1S/C5H5N.13C5H12.2C4H6N2.2C4H4N2.C4H5N.C4H4O.C4H4S.2C3H4N2.C3H3NO.C3H3NS.C2H3N3/c1-2-4-6-5-3-1;13*1-5(2,3)4;1-6-3-2-5-4-6;1-4-2-3-5-6-4;1-2-6-4-3-5-1;1-2-5-4-6-3-1;3*1-2-4-5-3-1;1-2-5-3-4-1;1-2-4-5-3-1;2*1-2-5-3-4-1;1-3-2-5-4-1/h1-5H;13*1-4H3;2-4H,1H3;2-3H,1H3,(H,5,6);2*1-4H;1-5H;2*1-4H;2*1-3H,(H,4,5);2*1-3H;1-2H,(H,3,4,5). The summed E-state index contributed by atoms with van der Waals surface area (Å²) in [6, 6.07) is 22.8. The summed E-state index contributed by atoms with van der Waals surface area (Å²) in [6.45, 7) is 116. The average molecular weight is 1920 g/mol. The molecule has 13 aromatic heterocycles. The van der Waals surface area contributed by atoms with Gasteiger partial charge in [0, 0.05) is 130 Å². The van der Waals surface area contributed by atoms with E-state index in [1.807, 2.05) is 120 Å². The Morgan fingerprint density at radius 2 is 0.637 bits per heavy atom. The van der Waals surface area contributed by atoms with Gasteiger partial charge in [0.05, 0.1) is 36.9 Å². The van der Waals surface area contributed by atoms with E-state index in [9.17, 15) is 0 Å². The fraction of sp³-hybridized carbons (Fsp3) is 0.598. The summed E-state index contributed by atoms with van der Waals surface area (Å²) in [7, 11) is 1.94. The van der Waals surface area contributed by atoms with Gasteiger partial charge in [-0.2, -0.15) is 26.6 Å². The van der Waals surface area contributed by atoms with Crippen molar-refractivity contribution in [3.8, 4) is 0 Å². The van der Waals surface area contributed by atoms with Gasteiger partial charge < -0.3 is 23.4 Å². The number of hydrogen-bond acceptors (Lipinski definition) is 17. The molecule has 778 valence electrons. The monoisotopic (exact) mass is 1920 g/mol. The van der Waals surface area contributed by atoms with Crippen LogP contribution in [0.2, 0.25) is 0 Å². The van der Waals surface area contributed by atoms with Crippen LogP contribution in [0.5, 0.6) is 0 Å². The highest BCUT2D eigenvalue weighted by molar-refractivity contribution is 7.07. The number of aromatic nitrogens is 19. The molecule has 0 atom stereocenters. The Bertz CT molecular complexity index is 2880. The molecule has 13 heterocycles. The molecule has 0 aliphatic heterocycles. The van der Waals surface area contributed by atoms with Crippen LogP contribution >= 0.6 is 22.7 Å². The Kier molecular flexibility index (Phi) is 109. The highest BCUT2D eigenvalue weighted by Gasteiger charge is 2.02. The third kappa shape index (κ3) is 479. The number of thiophene rings is 1. The zero-order valence-electron chi connectivity index (χ0n) is 96.8. The number of oxazole rings is 1. The molecule has 0 aromatic carbocycles. The lowest BCUT2D eigenvalue weighted by Gasteiger charge is -2.05. The van der Waals surface area contributed by atoms with Crippen LogP contribution in [0.3, 0.4) is 0 Å². The smallest absolute Gasteiger partial charge is 0.180 e. The first-order chi connectivity index (χ1) is 60.8. The normalized spacial score (nSPS) is 10.0. The predicted octanol–water partition coefficient (Wildman–Crippen LogP) is 36.3. The molecule has 0 radical (unpaired) electrons. The second-order valence-electron chi connectivity index (χ2n) is 50.3. The number of furan rings is 1. The van der Waals surface area contributed by atoms with Gasteiger partial charge >= 0.3 is 0 Å². The quantitative estimate of drug-likeness (QED) is 0.0944. The molecule has 0 bridgehead atoms. The molecule has 21 nitrogen and oxygen atoms in total. The summed E-state index contributed by atoms with van der Waals surface area (Å²) in [5.41, 5.74) is 9.40. The molecular weight excluding hydrogens is 1710 g/mol. The van der Waals surface area contributed by atoms with E-state index in [2.05, 4.69) is 459 Å². The number of aryl methyl sites for hydroxylation is 2. The molecule has 0 unspecified atom stereocenters. The molecule has 0 fully saturated rings. The third-order valence-electron chi connectivity index (χ3n) is 5.98. The third-order valence-corrected chi connectivity index (χ3v) is 7.13. The van der Waals surface area contributed by atoms with Crippen LogP contribution in [0.25, 0.3) is 0 Å². The molecular formula is C112H211N19O2S2. The van der Waals surface area contributed by atoms with Gasteiger partial charge in [-0.1, -0.05) is 378 Å². The zero-order chi connectivity index (χ0) is 108. The fourth-order valence-corrected chi connectivity index (χ4v) is 3.96. The van der Waals surface area contributed by atoms with E-state index in [0.717, 1.165) is 5.69 Å². The van der Waals surface area contributed by atoms with Crippen molar-refractivity contribution in [2.45, 2.75) is 367 Å². The van der Waals surface area contributed by atoms with Crippen molar-refractivity contribution in [3.05, 3.63) is 275 Å². The Morgan fingerprint density at radius 3 is 0.733 bits per heavy atom. The van der Waals surface area contributed by atoms with Crippen LogP contribution in [0.4, 0.5) is 0 Å². The van der Waals surface area contributed by atoms with E-state index in [-0.39, 0.29) is 0 Å². The van der Waals surface area contributed by atoms with Crippen LogP contribution in [-0.4, -0.2) is 95.0 Å². The highest BCUT2D eigenvalue weighted by Crippen LogP contribution is 2.14. The predicted molar refractivity (Wildman–Crippen MR) is 598 cm³/mol. The molecule has 135 heavy (non-hydrogen) atoms. The molecule has 0 saturated carbocycles. The van der Waals surface area contributed by atoms with Crippen LogP contribution < -0.4 is 0 Å². The van der Waals surface area contributed by atoms with Gasteiger partial charge in [0.15, 0.2) is 6.39 Å². The minimum atomic E-state index is 0.500. The van der Waals surface area contributed by atoms with Gasteiger partial charge in [-0.25, -0.2) is 29.9 Å². The van der Waals surface area contributed by atoms with E-state index in [0.29, 0.717) is 70.4 Å². The highest BCUT2D eigenvalue weighted by atomic mass is 32.1. The van der Waals surface area contributed by atoms with Crippen molar-refractivity contribution in [2.24, 2.45) is 77.4 Å². The van der Waals surface area contributed by atoms with Gasteiger partial charge in [0.25, 0.3) is 0 Å². The van der Waals surface area contributed by atoms with Gasteiger partial charge in [-0.3, -0.25) is 35.2 Å². The fourth-order valence-electron chi connectivity index (χ4n) is 3.15. The second-order valence-corrected chi connectivity index (χ2v) is 51.9. The summed E-state index contributed by atoms with van der Waals surface area (Å²) in [5.74, 6) is 0. The Morgan fingerprint density at radius 1 is 0.252 bits per heavy atom. The van der Waals surface area contributed by atoms with Gasteiger partial charge in [-0.05, 0) is 143 Å². The van der Waals surface area contributed by atoms with Crippen LogP contribution in [0.1, 0.15) is 366 Å². The lowest BCUT2D eigenvalue weighted by Crippen LogP contribution is -1.93. The van der Waals surface area contributed by atoms with E-state index in [1.54, 1.807) is 159 Å². The van der Waals surface area contributed by atoms with Crippen molar-refractivity contribution >= 4 is 22.7 Å². The minimum Gasteiger partial charge on any atom is -0.473 e. The number of nitrogens with zero attached hydrogens (tertiary/aromatic N) is 14. The Hall–Kier alpha value is -9.61. The largest absolute Gasteiger partial charge is 0.473 e. The minimum absolute atomic E-state index is 0.500. The molecule has 0 aliphatic rings. The molecule has 23 heteroatoms. The number of hydrogen-bond donors (Lipinski definition) is 5. The van der Waals surface area contributed by atoms with Gasteiger partial charge in [-0.15, -0.1) is 11.3 Å². The first-order valence-electron chi connectivity index (χ1n) is 46.2. The van der Waals surface area contributed by atoms with Crippen molar-refractivity contribution in [1.82, 2.24) is 95.0 Å². The van der Waals surface area contributed by atoms with E-state index < -0.39 is 0 Å². The molecule has 0 amide bonds. The van der Waals surface area contributed by atoms with Crippen molar-refractivity contribution in [3.63, 3.8) is 0 Å². The topological polar surface area (TPSA) is 278 Å². The van der Waals surface area contributed by atoms with Crippen molar-refractivity contribution in [1.29, 1.82) is 0 Å². The summed E-state index contributed by atoms with van der Waals surface area (Å²) in [5, 5.41) is 24.7. The number of aromatic amines is 5. The number of nitrogens with one attached hydrogen (secondary N) is 5. The number of rotatable bonds is 0. The van der Waals surface area contributed by atoms with E-state index in [1.165, 1.54) is 31.6 Å². The SMILES string of the molecule is CC(C)(C)C.CC(C)(C)C.CC(C)(C)C.CC(C)(C)C.CC(C)(C)C.CC(C)(C)C.CC(C)(C)C.CC(C)(C)C.CC(C)(C)C.CC(C)(C)C.CC(C)(C)C.CC(C)(C)C.CC(C)(C)C.Cc1ccn[nH]1.Cn1ccnc1.c1c[nH]cn1.c1cc[nH]c1.c1ccncc1.c1ccoc1.c1ccsc1.c1cn[nH]c1.c1cnccn1.c1cncnc1.c1cocn1.c1cscn1.c1nc[nH]n1. The lowest BCUT2D eigenvalue weighted by atomic mass is 10.0. The number of pyridine rings is 1. The first-order valence-corrected chi connectivity index (χ1v) is 48.1. The maximum Gasteiger partial charge on any atom is 0.180 e. The summed E-state index contributed by atoms with van der Waals surface area (Å²) in [6.07, 6.45) is 46.8. The van der Waals surface area contributed by atoms with Gasteiger partial charge in [0.1, 0.15) is 25.2 Å². The van der Waals surface area contributed by atoms with E-state index in [4.69, 9.17) is 0 Å². The summed E-state index contributed by atoms with van der Waals surface area (Å²) < 4.78 is 10.9. The van der Waals surface area contributed by atoms with Crippen LogP contribution in [-0.2, 0) is 7.05 Å². The molecule has 0 spiro atoms. The molecule has 13 aromatic rings. The van der Waals surface area contributed by atoms with Crippen molar-refractivity contribution < 1.29 is 8.83 Å². The summed E-state index contributed by atoms with van der Waals surface area (Å²) in [4.78, 5) is 42.5. The first kappa shape index (κ1) is 154.